The number of nitro benzene ring substituents is 1. The molecule has 0 spiro atoms. The summed E-state index contributed by atoms with van der Waals surface area (Å²) in [5, 5.41) is 22.9. The van der Waals surface area contributed by atoms with Gasteiger partial charge in [-0.05, 0) is 30.3 Å². The number of carbonyl (C=O) groups is 1. The van der Waals surface area contributed by atoms with Gasteiger partial charge in [-0.15, -0.1) is 0 Å². The lowest BCUT2D eigenvalue weighted by atomic mass is 10.1. The molecule has 0 aliphatic heterocycles. The first-order chi connectivity index (χ1) is 14.0. The Morgan fingerprint density at radius 1 is 1.34 bits per heavy atom. The van der Waals surface area contributed by atoms with Gasteiger partial charge in [0, 0.05) is 18.2 Å². The van der Waals surface area contributed by atoms with Crippen LogP contribution in [0.3, 0.4) is 0 Å². The lowest BCUT2D eigenvalue weighted by molar-refractivity contribution is -0.384. The number of nitro groups is 1. The summed E-state index contributed by atoms with van der Waals surface area (Å²) in [5.41, 5.74) is 0.0925. The highest BCUT2D eigenvalue weighted by molar-refractivity contribution is 6.01. The van der Waals surface area contributed by atoms with Crippen molar-refractivity contribution in [3.63, 3.8) is 0 Å². The molecule has 0 aliphatic carbocycles. The molecule has 29 heavy (non-hydrogen) atoms. The molecule has 146 valence electrons. The second kappa shape index (κ2) is 8.58. The van der Waals surface area contributed by atoms with Crippen molar-refractivity contribution in [3.8, 4) is 23.1 Å². The highest BCUT2D eigenvalue weighted by Gasteiger charge is 2.16. The molecule has 3 aromatic rings. The van der Waals surface area contributed by atoms with Crippen molar-refractivity contribution in [2.24, 2.45) is 0 Å². The number of rotatable bonds is 7. The molecule has 3 rings (SSSR count). The van der Waals surface area contributed by atoms with Crippen LogP contribution in [0.4, 0.5) is 5.69 Å². The number of hydrogen-bond donors (Lipinski definition) is 1. The molecule has 2 aromatic heterocycles. The first-order valence-corrected chi connectivity index (χ1v) is 8.37. The van der Waals surface area contributed by atoms with Gasteiger partial charge in [0.05, 0.1) is 30.4 Å². The summed E-state index contributed by atoms with van der Waals surface area (Å²) < 4.78 is 16.0. The van der Waals surface area contributed by atoms with Crippen LogP contribution in [0.15, 0.2) is 63.1 Å². The normalized spacial score (nSPS) is 11.0. The van der Waals surface area contributed by atoms with Crippen LogP contribution in [0.5, 0.6) is 5.75 Å². The molecule has 1 N–H and O–H groups in total. The smallest absolute Gasteiger partial charge is 0.270 e. The zero-order valence-electron chi connectivity index (χ0n) is 15.2. The zero-order valence-corrected chi connectivity index (χ0v) is 15.2. The minimum absolute atomic E-state index is 0.121. The molecular weight excluding hydrogens is 378 g/mol. The minimum Gasteiger partial charge on any atom is -0.496 e. The average molecular weight is 393 g/mol. The molecule has 2 heterocycles. The maximum absolute atomic E-state index is 12.2. The predicted octanol–water partition coefficient (Wildman–Crippen LogP) is 3.68. The Balaban J connectivity index is 1.83. The van der Waals surface area contributed by atoms with Crippen LogP contribution in [0.2, 0.25) is 0 Å². The summed E-state index contributed by atoms with van der Waals surface area (Å²) in [4.78, 5) is 22.7. The van der Waals surface area contributed by atoms with Gasteiger partial charge in [0.25, 0.3) is 11.6 Å². The van der Waals surface area contributed by atoms with E-state index in [-0.39, 0.29) is 23.6 Å². The number of hydrogen-bond acceptors (Lipinski definition) is 7. The van der Waals surface area contributed by atoms with E-state index in [4.69, 9.17) is 13.6 Å². The van der Waals surface area contributed by atoms with Crippen molar-refractivity contribution in [1.82, 2.24) is 5.32 Å². The molecule has 0 saturated heterocycles. The number of furan rings is 2. The Hall–Kier alpha value is -4.32. The highest BCUT2D eigenvalue weighted by atomic mass is 16.6. The summed E-state index contributed by atoms with van der Waals surface area (Å²) in [6.07, 6.45) is 2.76. The number of methoxy groups -OCH3 is 1. The summed E-state index contributed by atoms with van der Waals surface area (Å²) in [6.45, 7) is 0.138. The Bertz CT molecular complexity index is 1110. The second-order valence-electron chi connectivity index (χ2n) is 5.78. The summed E-state index contributed by atoms with van der Waals surface area (Å²) in [7, 11) is 1.44. The fourth-order valence-electron chi connectivity index (χ4n) is 2.54. The van der Waals surface area contributed by atoms with Crippen LogP contribution in [0, 0.1) is 21.4 Å². The molecular formula is C20H15N3O6. The van der Waals surface area contributed by atoms with Gasteiger partial charge in [-0.3, -0.25) is 14.9 Å². The summed E-state index contributed by atoms with van der Waals surface area (Å²) >= 11 is 0. The SMILES string of the molecule is COc1ccc([N+](=O)[O-])cc1-c1ccc(/C=C(\C#N)C(=O)NCc2ccco2)o1. The van der Waals surface area contributed by atoms with Crippen molar-refractivity contribution in [2.75, 3.05) is 7.11 Å². The molecule has 0 saturated carbocycles. The molecule has 9 heteroatoms. The third-order valence-corrected chi connectivity index (χ3v) is 3.94. The molecule has 0 aliphatic rings. The molecule has 0 radical (unpaired) electrons. The quantitative estimate of drug-likeness (QED) is 0.280. The first kappa shape index (κ1) is 19.4. The third-order valence-electron chi connectivity index (χ3n) is 3.94. The van der Waals surface area contributed by atoms with E-state index in [0.29, 0.717) is 22.8 Å². The summed E-state index contributed by atoms with van der Waals surface area (Å²) in [5.74, 6) is 0.879. The standard InChI is InChI=1S/C20H15N3O6/c1-27-18-6-4-14(23(25)26)10-17(18)19-7-5-15(29-19)9-13(11-21)20(24)22-12-16-3-2-8-28-16/h2-10H,12H2,1H3,(H,22,24)/b13-9+. The maximum Gasteiger partial charge on any atom is 0.270 e. The molecule has 0 atom stereocenters. The van der Waals surface area contributed by atoms with Crippen molar-refractivity contribution >= 4 is 17.7 Å². The number of non-ortho nitro benzene ring substituents is 1. The van der Waals surface area contributed by atoms with Gasteiger partial charge in [0.2, 0.25) is 0 Å². The van der Waals surface area contributed by atoms with Gasteiger partial charge in [0.15, 0.2) is 0 Å². The van der Waals surface area contributed by atoms with Crippen molar-refractivity contribution in [2.45, 2.75) is 6.54 Å². The van der Waals surface area contributed by atoms with Crippen LogP contribution in [0.1, 0.15) is 11.5 Å². The fourth-order valence-corrected chi connectivity index (χ4v) is 2.54. The Kier molecular flexibility index (Phi) is 5.75. The molecule has 0 fully saturated rings. The van der Waals surface area contributed by atoms with E-state index >= 15 is 0 Å². The van der Waals surface area contributed by atoms with Crippen LogP contribution in [0.25, 0.3) is 17.4 Å². The van der Waals surface area contributed by atoms with Crippen molar-refractivity contribution in [1.29, 1.82) is 5.26 Å². The number of ether oxygens (including phenoxy) is 1. The molecule has 1 aromatic carbocycles. The number of benzene rings is 1. The molecule has 0 unspecified atom stereocenters. The predicted molar refractivity (Wildman–Crippen MR) is 101 cm³/mol. The minimum atomic E-state index is -0.588. The van der Waals surface area contributed by atoms with Gasteiger partial charge in [-0.1, -0.05) is 0 Å². The average Bonchev–Trinajstić information content (AvgIpc) is 3.41. The largest absolute Gasteiger partial charge is 0.496 e. The Morgan fingerprint density at radius 3 is 2.83 bits per heavy atom. The van der Waals surface area contributed by atoms with E-state index in [1.54, 1.807) is 24.3 Å². The maximum atomic E-state index is 12.2. The fraction of sp³-hybridized carbons (Fsp3) is 0.100. The molecule has 1 amide bonds. The van der Waals surface area contributed by atoms with Crippen LogP contribution in [-0.4, -0.2) is 17.9 Å². The van der Waals surface area contributed by atoms with Crippen LogP contribution >= 0.6 is 0 Å². The number of carbonyl (C=O) groups excluding carboxylic acids is 1. The van der Waals surface area contributed by atoms with E-state index < -0.39 is 10.8 Å². The van der Waals surface area contributed by atoms with E-state index in [0.717, 1.165) is 0 Å². The first-order valence-electron chi connectivity index (χ1n) is 8.37. The lowest BCUT2D eigenvalue weighted by Gasteiger charge is -2.05. The van der Waals surface area contributed by atoms with Crippen molar-refractivity contribution in [3.05, 3.63) is 75.9 Å². The Morgan fingerprint density at radius 2 is 2.17 bits per heavy atom. The van der Waals surface area contributed by atoms with Gasteiger partial charge in [-0.25, -0.2) is 0 Å². The molecule has 0 bridgehead atoms. The van der Waals surface area contributed by atoms with E-state index in [1.807, 2.05) is 6.07 Å². The van der Waals surface area contributed by atoms with Gasteiger partial charge < -0.3 is 18.9 Å². The van der Waals surface area contributed by atoms with E-state index in [9.17, 15) is 20.2 Å². The van der Waals surface area contributed by atoms with Crippen molar-refractivity contribution < 1.29 is 23.3 Å². The van der Waals surface area contributed by atoms with Gasteiger partial charge in [0.1, 0.15) is 34.7 Å². The van der Waals surface area contributed by atoms with Crippen LogP contribution in [-0.2, 0) is 11.3 Å². The summed E-state index contributed by atoms with van der Waals surface area (Å²) in [6, 6.07) is 12.4. The van der Waals surface area contributed by atoms with E-state index in [1.165, 1.54) is 37.6 Å². The topological polar surface area (TPSA) is 132 Å². The van der Waals surface area contributed by atoms with Gasteiger partial charge >= 0.3 is 0 Å². The second-order valence-corrected chi connectivity index (χ2v) is 5.78. The monoisotopic (exact) mass is 393 g/mol. The Labute approximate surface area is 165 Å². The lowest BCUT2D eigenvalue weighted by Crippen LogP contribution is -2.23. The van der Waals surface area contributed by atoms with E-state index in [2.05, 4.69) is 5.32 Å². The zero-order chi connectivity index (χ0) is 20.8. The van der Waals surface area contributed by atoms with Crippen LogP contribution < -0.4 is 10.1 Å². The number of amides is 1. The number of nitrogens with zero attached hydrogens (tertiary/aromatic N) is 2. The number of nitriles is 1. The number of nitrogens with one attached hydrogen (secondary N) is 1. The van der Waals surface area contributed by atoms with Gasteiger partial charge in [-0.2, -0.15) is 5.26 Å². The highest BCUT2D eigenvalue weighted by Crippen LogP contribution is 2.34. The molecule has 9 nitrogen and oxygen atoms in total. The third kappa shape index (κ3) is 4.51.